The van der Waals surface area contributed by atoms with Gasteiger partial charge in [-0.1, -0.05) is 78.9 Å². The smallest absolute Gasteiger partial charge is 0.269 e. The predicted octanol–water partition coefficient (Wildman–Crippen LogP) is 7.29. The van der Waals surface area contributed by atoms with E-state index in [0.717, 1.165) is 33.2 Å². The molecule has 0 unspecified atom stereocenters. The maximum atomic E-state index is 13.2. The fourth-order valence-electron chi connectivity index (χ4n) is 6.59. The van der Waals surface area contributed by atoms with E-state index >= 15 is 0 Å². The Bertz CT molecular complexity index is 2060. The monoisotopic (exact) mass is 664 g/mol. The van der Waals surface area contributed by atoms with E-state index in [9.17, 15) is 9.59 Å². The predicted molar refractivity (Wildman–Crippen MR) is 195 cm³/mol. The Kier molecular flexibility index (Phi) is 8.94. The lowest BCUT2D eigenvalue weighted by Crippen LogP contribution is -2.43. The molecule has 0 saturated carbocycles. The highest BCUT2D eigenvalue weighted by molar-refractivity contribution is 5.96. The van der Waals surface area contributed by atoms with Crippen LogP contribution in [0.2, 0.25) is 0 Å². The summed E-state index contributed by atoms with van der Waals surface area (Å²) < 4.78 is 18.0. The first-order chi connectivity index (χ1) is 24.5. The minimum absolute atomic E-state index is 0.250. The van der Waals surface area contributed by atoms with Crippen LogP contribution in [0.15, 0.2) is 133 Å². The first-order valence-corrected chi connectivity index (χ1v) is 16.2. The molecule has 6 aromatic rings. The molecule has 0 saturated heterocycles. The summed E-state index contributed by atoms with van der Waals surface area (Å²) >= 11 is 0. The second-order valence-corrected chi connectivity index (χ2v) is 12.0. The fraction of sp³-hybridized carbons (Fsp3) is 0.122. The van der Waals surface area contributed by atoms with Gasteiger partial charge in [0.15, 0.2) is 0 Å². The molecule has 50 heavy (non-hydrogen) atoms. The lowest BCUT2D eigenvalue weighted by molar-refractivity contribution is 0.0954. The molecule has 0 fully saturated rings. The number of ether oxygens (including phenoxy) is 3. The van der Waals surface area contributed by atoms with Gasteiger partial charge in [0.2, 0.25) is 0 Å². The average molecular weight is 665 g/mol. The SMILES string of the molecule is COc1ccc(C2(c3ccc(OC)cc3NNC(=O)c3ccccc3)COc3ccc4ccccc4c3C2)c(NNC(=O)c2ccccc2)c1. The summed E-state index contributed by atoms with van der Waals surface area (Å²) in [4.78, 5) is 26.4. The normalized spacial score (nSPS) is 12.9. The van der Waals surface area contributed by atoms with Crippen LogP contribution in [0.25, 0.3) is 10.8 Å². The van der Waals surface area contributed by atoms with Crippen molar-refractivity contribution in [2.45, 2.75) is 11.8 Å². The quantitative estimate of drug-likeness (QED) is 0.114. The number of benzene rings is 6. The summed E-state index contributed by atoms with van der Waals surface area (Å²) in [5.41, 5.74) is 16.3. The lowest BCUT2D eigenvalue weighted by Gasteiger charge is -2.41. The molecule has 9 nitrogen and oxygen atoms in total. The zero-order valence-electron chi connectivity index (χ0n) is 27.7. The van der Waals surface area contributed by atoms with Gasteiger partial charge in [-0.25, -0.2) is 0 Å². The number of rotatable bonds is 10. The van der Waals surface area contributed by atoms with Gasteiger partial charge in [0.25, 0.3) is 11.8 Å². The Hall–Kier alpha value is -6.48. The zero-order chi connectivity index (χ0) is 34.5. The van der Waals surface area contributed by atoms with Crippen LogP contribution in [0.1, 0.15) is 37.4 Å². The maximum Gasteiger partial charge on any atom is 0.269 e. The van der Waals surface area contributed by atoms with E-state index in [4.69, 9.17) is 14.2 Å². The molecule has 6 aromatic carbocycles. The third-order valence-electron chi connectivity index (χ3n) is 9.13. The highest BCUT2D eigenvalue weighted by atomic mass is 16.5. The molecule has 0 atom stereocenters. The molecule has 2 amide bonds. The topological polar surface area (TPSA) is 110 Å². The van der Waals surface area contributed by atoms with Gasteiger partial charge < -0.3 is 14.2 Å². The van der Waals surface area contributed by atoms with Crippen molar-refractivity contribution in [1.29, 1.82) is 0 Å². The van der Waals surface area contributed by atoms with Crippen molar-refractivity contribution in [1.82, 2.24) is 10.9 Å². The summed E-state index contributed by atoms with van der Waals surface area (Å²) in [6, 6.07) is 41.8. The van der Waals surface area contributed by atoms with Crippen LogP contribution in [-0.4, -0.2) is 32.6 Å². The highest BCUT2D eigenvalue weighted by Gasteiger charge is 2.43. The van der Waals surface area contributed by atoms with Crippen LogP contribution < -0.4 is 35.9 Å². The van der Waals surface area contributed by atoms with Crippen LogP contribution >= 0.6 is 0 Å². The van der Waals surface area contributed by atoms with Crippen LogP contribution in [0.3, 0.4) is 0 Å². The highest BCUT2D eigenvalue weighted by Crippen LogP contribution is 2.49. The number of hydrogen-bond acceptors (Lipinski definition) is 7. The largest absolute Gasteiger partial charge is 0.497 e. The molecule has 4 N–H and O–H groups in total. The second-order valence-electron chi connectivity index (χ2n) is 12.0. The van der Waals surface area contributed by atoms with Crippen LogP contribution in [0, 0.1) is 0 Å². The average Bonchev–Trinajstić information content (AvgIpc) is 3.19. The summed E-state index contributed by atoms with van der Waals surface area (Å²) in [6.07, 6.45) is 0.533. The van der Waals surface area contributed by atoms with E-state index in [1.165, 1.54) is 0 Å². The van der Waals surface area contributed by atoms with Gasteiger partial charge in [-0.3, -0.25) is 31.3 Å². The first-order valence-electron chi connectivity index (χ1n) is 16.2. The minimum Gasteiger partial charge on any atom is -0.497 e. The molecule has 7 rings (SSSR count). The summed E-state index contributed by atoms with van der Waals surface area (Å²) in [7, 11) is 3.20. The van der Waals surface area contributed by atoms with E-state index in [2.05, 4.69) is 39.9 Å². The van der Waals surface area contributed by atoms with E-state index in [-0.39, 0.29) is 18.4 Å². The van der Waals surface area contributed by atoms with Crippen LogP contribution in [0.5, 0.6) is 17.2 Å². The number of amides is 2. The molecule has 0 aliphatic carbocycles. The Balaban J connectivity index is 1.38. The minimum atomic E-state index is -0.852. The molecule has 1 heterocycles. The molecule has 1 aliphatic rings. The van der Waals surface area contributed by atoms with Crippen molar-refractivity contribution in [2.24, 2.45) is 0 Å². The van der Waals surface area contributed by atoms with Crippen LogP contribution in [-0.2, 0) is 11.8 Å². The number of hydrazine groups is 2. The maximum absolute atomic E-state index is 13.2. The Morgan fingerprint density at radius 1 is 0.620 bits per heavy atom. The number of nitrogens with one attached hydrogen (secondary N) is 4. The number of methoxy groups -OCH3 is 2. The number of carbonyl (C=O) groups is 2. The summed E-state index contributed by atoms with van der Waals surface area (Å²) in [5, 5.41) is 2.17. The van der Waals surface area contributed by atoms with Gasteiger partial charge in [-0.15, -0.1) is 0 Å². The lowest BCUT2D eigenvalue weighted by atomic mass is 9.68. The number of hydrogen-bond donors (Lipinski definition) is 4. The Labute approximate surface area is 290 Å². The van der Waals surface area contributed by atoms with Gasteiger partial charge in [-0.05, 0) is 70.8 Å². The molecule has 0 radical (unpaired) electrons. The molecule has 0 aromatic heterocycles. The van der Waals surface area contributed by atoms with Crippen LogP contribution in [0.4, 0.5) is 11.4 Å². The van der Waals surface area contributed by atoms with Gasteiger partial charge in [0, 0.05) is 28.8 Å². The Morgan fingerprint density at radius 3 is 1.68 bits per heavy atom. The third-order valence-corrected chi connectivity index (χ3v) is 9.13. The van der Waals surface area contributed by atoms with E-state index in [0.29, 0.717) is 40.4 Å². The number of carbonyl (C=O) groups excluding carboxylic acids is 2. The van der Waals surface area contributed by atoms with E-state index in [1.807, 2.05) is 91.0 Å². The van der Waals surface area contributed by atoms with E-state index in [1.54, 1.807) is 38.5 Å². The number of fused-ring (bicyclic) bond motifs is 3. The Morgan fingerprint density at radius 2 is 1.14 bits per heavy atom. The molecule has 0 spiro atoms. The molecule has 250 valence electrons. The molecular formula is C41H36N4O5. The fourth-order valence-corrected chi connectivity index (χ4v) is 6.59. The number of anilines is 2. The molecule has 9 heteroatoms. The van der Waals surface area contributed by atoms with Gasteiger partial charge in [0.1, 0.15) is 23.9 Å². The third kappa shape index (κ3) is 6.24. The summed E-state index contributed by atoms with van der Waals surface area (Å²) in [6.45, 7) is 0.250. The first kappa shape index (κ1) is 32.1. The van der Waals surface area contributed by atoms with Crippen molar-refractivity contribution < 1.29 is 23.8 Å². The van der Waals surface area contributed by atoms with Crippen molar-refractivity contribution in [3.8, 4) is 17.2 Å². The molecular weight excluding hydrogens is 628 g/mol. The molecule has 0 bridgehead atoms. The van der Waals surface area contributed by atoms with Gasteiger partial charge in [0.05, 0.1) is 31.0 Å². The molecule has 1 aliphatic heterocycles. The summed E-state index contributed by atoms with van der Waals surface area (Å²) in [5.74, 6) is 1.43. The van der Waals surface area contributed by atoms with Gasteiger partial charge in [-0.2, -0.15) is 0 Å². The van der Waals surface area contributed by atoms with Crippen molar-refractivity contribution in [3.05, 3.63) is 161 Å². The van der Waals surface area contributed by atoms with Gasteiger partial charge >= 0.3 is 0 Å². The van der Waals surface area contributed by atoms with Crippen molar-refractivity contribution in [2.75, 3.05) is 31.7 Å². The van der Waals surface area contributed by atoms with E-state index < -0.39 is 5.41 Å². The van der Waals surface area contributed by atoms with Crippen molar-refractivity contribution >= 4 is 34.0 Å². The van der Waals surface area contributed by atoms with Crippen molar-refractivity contribution in [3.63, 3.8) is 0 Å². The second kappa shape index (κ2) is 13.9. The zero-order valence-corrected chi connectivity index (χ0v) is 27.7. The standard InChI is InChI=1S/C41H36N4O5/c1-48-30-18-20-34(36(23-30)42-44-39(46)28-12-5-3-6-13-28)41(25-33-32-16-10-9-11-27(32)17-22-38(33)50-26-41)35-21-19-31(49-2)24-37(35)43-45-40(47)29-14-7-4-8-15-29/h3-24,42-43H,25-26H2,1-2H3,(H,44,46)(H,45,47).